The van der Waals surface area contributed by atoms with E-state index in [-0.39, 0.29) is 5.56 Å². The third-order valence-electron chi connectivity index (χ3n) is 4.82. The Labute approximate surface area is 163 Å². The number of anilines is 3. The number of aromatic nitrogens is 3. The Morgan fingerprint density at radius 1 is 1.18 bits per heavy atom. The van der Waals surface area contributed by atoms with Crippen molar-refractivity contribution < 1.29 is 0 Å². The van der Waals surface area contributed by atoms with Gasteiger partial charge in [0.1, 0.15) is 11.2 Å². The molecule has 2 aromatic heterocycles. The van der Waals surface area contributed by atoms with Crippen molar-refractivity contribution in [2.45, 2.75) is 6.92 Å². The van der Waals surface area contributed by atoms with Crippen molar-refractivity contribution in [3.8, 4) is 0 Å². The molecule has 0 saturated carbocycles. The van der Waals surface area contributed by atoms with E-state index in [0.29, 0.717) is 22.7 Å². The van der Waals surface area contributed by atoms with Crippen LogP contribution in [0.2, 0.25) is 0 Å². The van der Waals surface area contributed by atoms with Crippen LogP contribution in [0, 0.1) is 6.92 Å². The first kappa shape index (κ1) is 18.4. The molecule has 0 spiro atoms. The summed E-state index contributed by atoms with van der Waals surface area (Å²) in [6.07, 6.45) is 1.61. The van der Waals surface area contributed by atoms with Crippen molar-refractivity contribution in [2.24, 2.45) is 0 Å². The summed E-state index contributed by atoms with van der Waals surface area (Å²) in [5.41, 5.74) is 2.42. The van der Waals surface area contributed by atoms with Crippen LogP contribution in [0.3, 0.4) is 0 Å². The lowest BCUT2D eigenvalue weighted by Gasteiger charge is -2.27. The highest BCUT2D eigenvalue weighted by molar-refractivity contribution is 5.90. The second-order valence-corrected chi connectivity index (χ2v) is 6.98. The van der Waals surface area contributed by atoms with E-state index in [0.717, 1.165) is 50.5 Å². The molecule has 1 aromatic carbocycles. The molecule has 0 bridgehead atoms. The third kappa shape index (κ3) is 4.29. The van der Waals surface area contributed by atoms with E-state index in [4.69, 9.17) is 0 Å². The molecule has 1 fully saturated rings. The van der Waals surface area contributed by atoms with E-state index in [1.807, 2.05) is 31.2 Å². The van der Waals surface area contributed by atoms with Gasteiger partial charge in [-0.05, 0) is 30.7 Å². The molecule has 3 heterocycles. The molecule has 0 amide bonds. The highest BCUT2D eigenvalue weighted by Gasteiger charge is 2.13. The minimum atomic E-state index is -0.208. The molecule has 0 atom stereocenters. The van der Waals surface area contributed by atoms with E-state index in [1.54, 1.807) is 12.3 Å². The zero-order valence-electron chi connectivity index (χ0n) is 16.0. The molecule has 8 nitrogen and oxygen atoms in total. The zero-order chi connectivity index (χ0) is 19.3. The van der Waals surface area contributed by atoms with Crippen LogP contribution >= 0.6 is 0 Å². The van der Waals surface area contributed by atoms with Gasteiger partial charge in [0.2, 0.25) is 5.95 Å². The van der Waals surface area contributed by atoms with Crippen LogP contribution in [0.5, 0.6) is 0 Å². The lowest BCUT2D eigenvalue weighted by Crippen LogP contribution is -2.45. The Morgan fingerprint density at radius 3 is 2.86 bits per heavy atom. The Morgan fingerprint density at radius 2 is 2.04 bits per heavy atom. The van der Waals surface area contributed by atoms with E-state index in [2.05, 4.69) is 35.8 Å². The lowest BCUT2D eigenvalue weighted by atomic mass is 10.2. The number of hydrogen-bond acceptors (Lipinski definition) is 7. The maximum Gasteiger partial charge on any atom is 0.261 e. The SMILES string of the molecule is Cc1cccc(Nc2nc(NCCN3CCNCC3)nc3cc[nH]c(=O)c23)c1. The average molecular weight is 379 g/mol. The molecule has 3 aromatic rings. The van der Waals surface area contributed by atoms with E-state index >= 15 is 0 Å². The highest BCUT2D eigenvalue weighted by Crippen LogP contribution is 2.23. The second-order valence-electron chi connectivity index (χ2n) is 6.98. The number of hydrogen-bond donors (Lipinski definition) is 4. The van der Waals surface area contributed by atoms with Gasteiger partial charge in [-0.3, -0.25) is 9.69 Å². The van der Waals surface area contributed by atoms with Crippen LogP contribution in [0.15, 0.2) is 41.3 Å². The number of aryl methyl sites for hydroxylation is 1. The summed E-state index contributed by atoms with van der Waals surface area (Å²) >= 11 is 0. The Kier molecular flexibility index (Phi) is 5.50. The summed E-state index contributed by atoms with van der Waals surface area (Å²) in [5, 5.41) is 10.4. The van der Waals surface area contributed by atoms with Crippen molar-refractivity contribution in [1.82, 2.24) is 25.2 Å². The number of nitrogens with one attached hydrogen (secondary N) is 4. The number of aromatic amines is 1. The Balaban J connectivity index is 1.58. The molecule has 146 valence electrons. The minimum Gasteiger partial charge on any atom is -0.353 e. The number of pyridine rings is 1. The zero-order valence-corrected chi connectivity index (χ0v) is 16.0. The fourth-order valence-electron chi connectivity index (χ4n) is 3.38. The fraction of sp³-hybridized carbons (Fsp3) is 0.350. The van der Waals surface area contributed by atoms with E-state index in [9.17, 15) is 4.79 Å². The smallest absolute Gasteiger partial charge is 0.261 e. The molecule has 0 radical (unpaired) electrons. The standard InChI is InChI=1S/C20H25N7O/c1-14-3-2-4-15(13-14)24-18-17-16(5-6-22-19(17)28)25-20(26-18)23-9-12-27-10-7-21-8-11-27/h2-6,13,21H,7-12H2,1H3,(H,22,28)(H2,23,24,25,26). The van der Waals surface area contributed by atoms with Crippen LogP contribution in [0.4, 0.5) is 17.5 Å². The summed E-state index contributed by atoms with van der Waals surface area (Å²) in [7, 11) is 0. The highest BCUT2D eigenvalue weighted by atomic mass is 16.1. The van der Waals surface area contributed by atoms with Crippen LogP contribution < -0.4 is 21.5 Å². The quantitative estimate of drug-likeness (QED) is 0.517. The van der Waals surface area contributed by atoms with Gasteiger partial charge in [0, 0.05) is 51.2 Å². The lowest BCUT2D eigenvalue weighted by molar-refractivity contribution is 0.249. The average Bonchev–Trinajstić information content (AvgIpc) is 2.69. The van der Waals surface area contributed by atoms with Gasteiger partial charge in [0.25, 0.3) is 5.56 Å². The van der Waals surface area contributed by atoms with Gasteiger partial charge in [0.15, 0.2) is 0 Å². The summed E-state index contributed by atoms with van der Waals surface area (Å²) in [6.45, 7) is 7.86. The van der Waals surface area contributed by atoms with Gasteiger partial charge in [0.05, 0.1) is 5.52 Å². The number of fused-ring (bicyclic) bond motifs is 1. The minimum absolute atomic E-state index is 0.208. The third-order valence-corrected chi connectivity index (χ3v) is 4.82. The molecule has 0 unspecified atom stereocenters. The number of piperazine rings is 1. The maximum atomic E-state index is 12.4. The Bertz CT molecular complexity index is 1010. The molecule has 1 aliphatic heterocycles. The predicted molar refractivity (Wildman–Crippen MR) is 112 cm³/mol. The molecule has 0 aliphatic carbocycles. The monoisotopic (exact) mass is 379 g/mol. The largest absolute Gasteiger partial charge is 0.353 e. The van der Waals surface area contributed by atoms with E-state index < -0.39 is 0 Å². The molecule has 1 aliphatic rings. The summed E-state index contributed by atoms with van der Waals surface area (Å²) in [5.74, 6) is 1.02. The number of benzene rings is 1. The van der Waals surface area contributed by atoms with Crippen LogP contribution in [0.1, 0.15) is 5.56 Å². The molecule has 28 heavy (non-hydrogen) atoms. The van der Waals surface area contributed by atoms with Crippen molar-refractivity contribution in [3.63, 3.8) is 0 Å². The predicted octanol–water partition coefficient (Wildman–Crippen LogP) is 1.69. The summed E-state index contributed by atoms with van der Waals surface area (Å²) in [4.78, 5) is 26.6. The maximum absolute atomic E-state index is 12.4. The molecular formula is C20H25N7O. The Hall–Kier alpha value is -2.97. The van der Waals surface area contributed by atoms with Gasteiger partial charge in [-0.1, -0.05) is 12.1 Å². The number of H-pyrrole nitrogens is 1. The fourth-order valence-corrected chi connectivity index (χ4v) is 3.38. The molecule has 1 saturated heterocycles. The van der Waals surface area contributed by atoms with Crippen LogP contribution in [0.25, 0.3) is 10.9 Å². The first-order valence-corrected chi connectivity index (χ1v) is 9.59. The van der Waals surface area contributed by atoms with E-state index in [1.165, 1.54) is 0 Å². The first-order chi connectivity index (χ1) is 13.7. The van der Waals surface area contributed by atoms with Crippen LogP contribution in [-0.2, 0) is 0 Å². The van der Waals surface area contributed by atoms with Gasteiger partial charge >= 0.3 is 0 Å². The first-order valence-electron chi connectivity index (χ1n) is 9.59. The topological polar surface area (TPSA) is 98.0 Å². The van der Waals surface area contributed by atoms with Gasteiger partial charge in [-0.2, -0.15) is 4.98 Å². The summed E-state index contributed by atoms with van der Waals surface area (Å²) in [6, 6.07) is 9.76. The summed E-state index contributed by atoms with van der Waals surface area (Å²) < 4.78 is 0. The van der Waals surface area contributed by atoms with Crippen molar-refractivity contribution in [1.29, 1.82) is 0 Å². The van der Waals surface area contributed by atoms with Gasteiger partial charge in [-0.15, -0.1) is 0 Å². The molecular weight excluding hydrogens is 354 g/mol. The second kappa shape index (κ2) is 8.37. The molecule has 4 N–H and O–H groups in total. The number of nitrogens with zero attached hydrogens (tertiary/aromatic N) is 3. The van der Waals surface area contributed by atoms with Gasteiger partial charge in [-0.25, -0.2) is 4.98 Å². The molecule has 4 rings (SSSR count). The van der Waals surface area contributed by atoms with Gasteiger partial charge < -0.3 is 20.9 Å². The van der Waals surface area contributed by atoms with Crippen molar-refractivity contribution in [2.75, 3.05) is 49.9 Å². The van der Waals surface area contributed by atoms with Crippen molar-refractivity contribution in [3.05, 3.63) is 52.4 Å². The normalized spacial score (nSPS) is 14.9. The molecule has 8 heteroatoms. The van der Waals surface area contributed by atoms with Crippen molar-refractivity contribution >= 4 is 28.4 Å². The number of rotatable bonds is 6. The van der Waals surface area contributed by atoms with Crippen LogP contribution in [-0.4, -0.2) is 59.1 Å².